The molecule has 0 N–H and O–H groups in total. The molecule has 112 valence electrons. The minimum Gasteiger partial charge on any atom is -0.292 e. The Morgan fingerprint density at radius 3 is 2.33 bits per heavy atom. The lowest BCUT2D eigenvalue weighted by Crippen LogP contribution is -2.24. The summed E-state index contributed by atoms with van der Waals surface area (Å²) in [6, 6.07) is 9.75. The van der Waals surface area contributed by atoms with Crippen molar-refractivity contribution < 1.29 is 0 Å². The molecular weight excluding hydrogens is 284 g/mol. The molecule has 0 saturated heterocycles. The molecule has 3 nitrogen and oxygen atoms in total. The fraction of sp³-hybridized carbons (Fsp3) is 0.412. The molecule has 1 aromatic heterocycles. The first-order valence-electron chi connectivity index (χ1n) is 7.17. The molecule has 0 aliphatic heterocycles. The Kier molecular flexibility index (Phi) is 4.52. The van der Waals surface area contributed by atoms with Gasteiger partial charge in [-0.1, -0.05) is 63.6 Å². The number of hydrogen-bond donors (Lipinski definition) is 0. The van der Waals surface area contributed by atoms with Crippen molar-refractivity contribution in [1.82, 2.24) is 9.55 Å². The molecule has 0 aliphatic carbocycles. The average molecular weight is 305 g/mol. The van der Waals surface area contributed by atoms with Crippen LogP contribution < -0.4 is 5.56 Å². The third kappa shape index (κ3) is 3.73. The van der Waals surface area contributed by atoms with Gasteiger partial charge in [-0.2, -0.15) is 0 Å². The lowest BCUT2D eigenvalue weighted by Gasteiger charge is -2.19. The maximum atomic E-state index is 12.1. The highest BCUT2D eigenvalue weighted by atomic mass is 35.5. The van der Waals surface area contributed by atoms with Crippen molar-refractivity contribution >= 4 is 11.6 Å². The molecule has 2 rings (SSSR count). The minimum absolute atomic E-state index is 0.105. The topological polar surface area (TPSA) is 34.9 Å². The van der Waals surface area contributed by atoms with E-state index in [9.17, 15) is 4.79 Å². The van der Waals surface area contributed by atoms with E-state index in [4.69, 9.17) is 11.6 Å². The molecule has 0 radical (unpaired) electrons. The SMILES string of the molecule is CCc1nc(Cl)cc(=O)n1Cc1ccc(C(C)(C)C)cc1. The highest BCUT2D eigenvalue weighted by Gasteiger charge is 2.13. The van der Waals surface area contributed by atoms with Gasteiger partial charge in [0.25, 0.3) is 5.56 Å². The molecule has 2 aromatic rings. The van der Waals surface area contributed by atoms with Crippen LogP contribution in [-0.2, 0) is 18.4 Å². The Bertz CT molecular complexity index is 681. The monoisotopic (exact) mass is 304 g/mol. The van der Waals surface area contributed by atoms with Crippen LogP contribution in [0.5, 0.6) is 0 Å². The summed E-state index contributed by atoms with van der Waals surface area (Å²) in [7, 11) is 0. The number of hydrogen-bond acceptors (Lipinski definition) is 2. The van der Waals surface area contributed by atoms with E-state index in [1.165, 1.54) is 11.6 Å². The van der Waals surface area contributed by atoms with Crippen molar-refractivity contribution in [3.63, 3.8) is 0 Å². The van der Waals surface area contributed by atoms with Crippen LogP contribution in [0.15, 0.2) is 35.1 Å². The van der Waals surface area contributed by atoms with Crippen molar-refractivity contribution in [2.24, 2.45) is 0 Å². The summed E-state index contributed by atoms with van der Waals surface area (Å²) in [5, 5.41) is 0.260. The molecule has 1 aromatic carbocycles. The van der Waals surface area contributed by atoms with Crippen molar-refractivity contribution in [3.05, 3.63) is 62.8 Å². The van der Waals surface area contributed by atoms with Crippen molar-refractivity contribution in [1.29, 1.82) is 0 Å². The fourth-order valence-corrected chi connectivity index (χ4v) is 2.45. The van der Waals surface area contributed by atoms with E-state index in [0.29, 0.717) is 18.8 Å². The normalized spacial score (nSPS) is 11.7. The van der Waals surface area contributed by atoms with Crippen molar-refractivity contribution in [3.8, 4) is 0 Å². The largest absolute Gasteiger partial charge is 0.292 e. The molecule has 0 saturated carbocycles. The third-order valence-corrected chi connectivity index (χ3v) is 3.73. The molecule has 0 bridgehead atoms. The second kappa shape index (κ2) is 6.02. The van der Waals surface area contributed by atoms with E-state index in [1.54, 1.807) is 4.57 Å². The molecule has 4 heteroatoms. The van der Waals surface area contributed by atoms with Crippen LogP contribution in [0.3, 0.4) is 0 Å². The number of halogens is 1. The van der Waals surface area contributed by atoms with E-state index in [-0.39, 0.29) is 16.1 Å². The van der Waals surface area contributed by atoms with Gasteiger partial charge >= 0.3 is 0 Å². The Labute approximate surface area is 130 Å². The third-order valence-electron chi connectivity index (χ3n) is 3.53. The number of aryl methyl sites for hydroxylation is 1. The molecule has 0 spiro atoms. The quantitative estimate of drug-likeness (QED) is 0.808. The highest BCUT2D eigenvalue weighted by molar-refractivity contribution is 6.29. The number of rotatable bonds is 3. The van der Waals surface area contributed by atoms with Gasteiger partial charge in [-0.05, 0) is 16.5 Å². The van der Waals surface area contributed by atoms with Gasteiger partial charge in [0.1, 0.15) is 11.0 Å². The summed E-state index contributed by atoms with van der Waals surface area (Å²) < 4.78 is 1.68. The van der Waals surface area contributed by atoms with Crippen LogP contribution in [0.1, 0.15) is 44.6 Å². The van der Waals surface area contributed by atoms with Gasteiger partial charge in [-0.25, -0.2) is 4.98 Å². The molecule has 0 fully saturated rings. The van der Waals surface area contributed by atoms with Crippen LogP contribution in [0, 0.1) is 0 Å². The number of nitrogens with zero attached hydrogens (tertiary/aromatic N) is 2. The van der Waals surface area contributed by atoms with Gasteiger partial charge in [0.05, 0.1) is 6.54 Å². The van der Waals surface area contributed by atoms with E-state index < -0.39 is 0 Å². The van der Waals surface area contributed by atoms with Crippen LogP contribution in [0.4, 0.5) is 0 Å². The molecule has 0 amide bonds. The molecular formula is C17H21ClN2O. The van der Waals surface area contributed by atoms with Gasteiger partial charge in [0.2, 0.25) is 0 Å². The number of benzene rings is 1. The summed E-state index contributed by atoms with van der Waals surface area (Å²) in [4.78, 5) is 16.3. The summed E-state index contributed by atoms with van der Waals surface area (Å²) in [5.74, 6) is 0.715. The number of aromatic nitrogens is 2. The molecule has 0 atom stereocenters. The van der Waals surface area contributed by atoms with E-state index in [2.05, 4.69) is 50.0 Å². The smallest absolute Gasteiger partial charge is 0.255 e. The van der Waals surface area contributed by atoms with Gasteiger partial charge < -0.3 is 0 Å². The predicted octanol–water partition coefficient (Wildman–Crippen LogP) is 3.80. The zero-order valence-corrected chi connectivity index (χ0v) is 13.7. The fourth-order valence-electron chi connectivity index (χ4n) is 2.25. The standard InChI is InChI=1S/C17H21ClN2O/c1-5-15-19-14(18)10-16(21)20(15)11-12-6-8-13(9-7-12)17(2,3)4/h6-10H,5,11H2,1-4H3. The first-order valence-corrected chi connectivity index (χ1v) is 7.54. The average Bonchev–Trinajstić information content (AvgIpc) is 2.41. The Hall–Kier alpha value is -1.61. The Balaban J connectivity index is 2.33. The Morgan fingerprint density at radius 1 is 1.19 bits per heavy atom. The van der Waals surface area contributed by atoms with Gasteiger partial charge in [0, 0.05) is 12.5 Å². The predicted molar refractivity (Wildman–Crippen MR) is 87.1 cm³/mol. The second-order valence-electron chi connectivity index (χ2n) is 6.22. The first kappa shape index (κ1) is 15.8. The molecule has 0 unspecified atom stereocenters. The summed E-state index contributed by atoms with van der Waals surface area (Å²) >= 11 is 5.85. The molecule has 1 heterocycles. The van der Waals surface area contributed by atoms with Crippen molar-refractivity contribution in [2.45, 2.75) is 46.1 Å². The lowest BCUT2D eigenvalue weighted by molar-refractivity contribution is 0.589. The van der Waals surface area contributed by atoms with E-state index in [0.717, 1.165) is 5.56 Å². The zero-order chi connectivity index (χ0) is 15.6. The summed E-state index contributed by atoms with van der Waals surface area (Å²) in [6.07, 6.45) is 0.676. The summed E-state index contributed by atoms with van der Waals surface area (Å²) in [5.41, 5.74) is 2.39. The first-order chi connectivity index (χ1) is 9.81. The van der Waals surface area contributed by atoms with E-state index in [1.807, 2.05) is 6.92 Å². The van der Waals surface area contributed by atoms with Crippen molar-refractivity contribution in [2.75, 3.05) is 0 Å². The maximum absolute atomic E-state index is 12.1. The van der Waals surface area contributed by atoms with Crippen LogP contribution in [0.25, 0.3) is 0 Å². The van der Waals surface area contributed by atoms with Gasteiger partial charge in [0.15, 0.2) is 0 Å². The van der Waals surface area contributed by atoms with Crippen LogP contribution in [0.2, 0.25) is 5.15 Å². The maximum Gasteiger partial charge on any atom is 0.255 e. The highest BCUT2D eigenvalue weighted by Crippen LogP contribution is 2.22. The summed E-state index contributed by atoms with van der Waals surface area (Å²) in [6.45, 7) is 9.05. The molecule has 21 heavy (non-hydrogen) atoms. The van der Waals surface area contributed by atoms with Gasteiger partial charge in [-0.15, -0.1) is 0 Å². The van der Waals surface area contributed by atoms with E-state index >= 15 is 0 Å². The molecule has 0 aliphatic rings. The zero-order valence-electron chi connectivity index (χ0n) is 13.0. The Morgan fingerprint density at radius 2 is 1.81 bits per heavy atom. The van der Waals surface area contributed by atoms with Crippen LogP contribution >= 0.6 is 11.6 Å². The minimum atomic E-state index is -0.105. The lowest BCUT2D eigenvalue weighted by atomic mass is 9.87. The van der Waals surface area contributed by atoms with Gasteiger partial charge in [-0.3, -0.25) is 9.36 Å². The second-order valence-corrected chi connectivity index (χ2v) is 6.61. The van der Waals surface area contributed by atoms with Crippen LogP contribution in [-0.4, -0.2) is 9.55 Å².